The number of benzene rings is 2. The van der Waals surface area contributed by atoms with Crippen molar-refractivity contribution in [2.24, 2.45) is 5.92 Å². The van der Waals surface area contributed by atoms with Crippen molar-refractivity contribution in [2.45, 2.75) is 24.4 Å². The van der Waals surface area contributed by atoms with Gasteiger partial charge in [-0.05, 0) is 61.4 Å². The van der Waals surface area contributed by atoms with Gasteiger partial charge in [-0.25, -0.2) is 0 Å². The van der Waals surface area contributed by atoms with Crippen molar-refractivity contribution in [3.63, 3.8) is 0 Å². The molecule has 0 fully saturated rings. The Labute approximate surface area is 183 Å². The van der Waals surface area contributed by atoms with E-state index in [4.69, 9.17) is 23.8 Å². The first kappa shape index (κ1) is 26.6. The molecule has 0 radical (unpaired) electrons. The van der Waals surface area contributed by atoms with Crippen molar-refractivity contribution >= 4 is 17.9 Å². The van der Waals surface area contributed by atoms with Gasteiger partial charge in [-0.1, -0.05) is 0 Å². The molecule has 0 aliphatic rings. The fourth-order valence-corrected chi connectivity index (χ4v) is 3.72. The number of hydrogen-bond acceptors (Lipinski definition) is 6. The number of ether oxygens (including phenoxy) is 3. The summed E-state index contributed by atoms with van der Waals surface area (Å²) >= 11 is 1.71. The number of aryl methyl sites for hydroxylation is 1. The van der Waals surface area contributed by atoms with Crippen LogP contribution in [0.3, 0.4) is 0 Å². The Morgan fingerprint density at radius 3 is 2.23 bits per heavy atom. The summed E-state index contributed by atoms with van der Waals surface area (Å²) in [6.45, 7) is 3.01. The van der Waals surface area contributed by atoms with Gasteiger partial charge in [-0.2, -0.15) is 22.8 Å². The summed E-state index contributed by atoms with van der Waals surface area (Å²) in [7, 11) is 3.29. The van der Waals surface area contributed by atoms with Gasteiger partial charge in [-0.3, -0.25) is 0 Å². The maximum Gasteiger partial charge on any atom is 0.416 e. The second-order valence-corrected chi connectivity index (χ2v) is 7.60. The van der Waals surface area contributed by atoms with Gasteiger partial charge < -0.3 is 14.2 Å². The van der Waals surface area contributed by atoms with E-state index in [9.17, 15) is 13.2 Å². The summed E-state index contributed by atoms with van der Waals surface area (Å²) in [5.74, 6) is 2.30. The van der Waals surface area contributed by atoms with Crippen LogP contribution in [0.1, 0.15) is 17.5 Å². The minimum absolute atomic E-state index is 0.203. The molecule has 0 bridgehead atoms. The van der Waals surface area contributed by atoms with Crippen LogP contribution in [-0.4, -0.2) is 39.3 Å². The molecule has 1 atom stereocenters. The fourth-order valence-electron chi connectivity index (χ4n) is 2.61. The lowest BCUT2D eigenvalue weighted by Crippen LogP contribution is -2.17. The van der Waals surface area contributed by atoms with Crippen molar-refractivity contribution in [2.75, 3.05) is 33.2 Å². The summed E-state index contributed by atoms with van der Waals surface area (Å²) in [4.78, 5) is 17.4. The molecular weight excluding hydrogens is 433 g/mol. The van der Waals surface area contributed by atoms with Crippen molar-refractivity contribution in [3.05, 3.63) is 53.6 Å². The van der Waals surface area contributed by atoms with E-state index in [1.807, 2.05) is 19.1 Å². The highest BCUT2D eigenvalue weighted by molar-refractivity contribution is 7.99. The van der Waals surface area contributed by atoms with Crippen LogP contribution in [0, 0.1) is 12.8 Å². The number of alkyl halides is 3. The molecule has 0 aliphatic heterocycles. The van der Waals surface area contributed by atoms with Crippen molar-refractivity contribution in [1.29, 1.82) is 0 Å². The molecule has 0 N–H and O–H groups in total. The molecule has 0 heterocycles. The Balaban J connectivity index is 0.00000151. The van der Waals surface area contributed by atoms with E-state index in [0.717, 1.165) is 40.5 Å². The second kappa shape index (κ2) is 13.7. The maximum atomic E-state index is 12.6. The fraction of sp³-hybridized carbons (Fsp3) is 0.409. The van der Waals surface area contributed by atoms with Crippen molar-refractivity contribution in [3.8, 4) is 11.5 Å². The number of rotatable bonds is 10. The highest BCUT2D eigenvalue weighted by atomic mass is 32.2. The Bertz CT molecular complexity index is 819. The molecule has 31 heavy (non-hydrogen) atoms. The average Bonchev–Trinajstić information content (AvgIpc) is 2.73. The Morgan fingerprint density at radius 1 is 1.06 bits per heavy atom. The molecule has 2 aromatic carbocycles. The van der Waals surface area contributed by atoms with Crippen LogP contribution in [0.4, 0.5) is 13.2 Å². The first-order valence-corrected chi connectivity index (χ1v) is 10.3. The van der Waals surface area contributed by atoms with Gasteiger partial charge in [0.25, 0.3) is 0 Å². The smallest absolute Gasteiger partial charge is 0.416 e. The Hall–Kier alpha value is -2.48. The Morgan fingerprint density at radius 2 is 1.71 bits per heavy atom. The molecule has 1 unspecified atom stereocenters. The van der Waals surface area contributed by atoms with Crippen LogP contribution in [0.25, 0.3) is 0 Å². The third-order valence-corrected chi connectivity index (χ3v) is 5.47. The average molecular weight is 458 g/mol. The largest absolute Gasteiger partial charge is 0.496 e. The van der Waals surface area contributed by atoms with E-state index in [0.29, 0.717) is 19.0 Å². The summed E-state index contributed by atoms with van der Waals surface area (Å²) in [6, 6.07) is 10.8. The number of carbonyl (C=O) groups excluding carboxylic acids is 2. The van der Waals surface area contributed by atoms with Crippen LogP contribution in [0.2, 0.25) is 0 Å². The minimum Gasteiger partial charge on any atom is -0.496 e. The van der Waals surface area contributed by atoms with Crippen LogP contribution in [-0.2, 0) is 20.5 Å². The zero-order chi connectivity index (χ0) is 23.3. The monoisotopic (exact) mass is 458 g/mol. The molecule has 2 rings (SSSR count). The normalized spacial score (nSPS) is 11.7. The summed E-state index contributed by atoms with van der Waals surface area (Å²) in [6.07, 6.45) is -3.29. The van der Waals surface area contributed by atoms with E-state index >= 15 is 0 Å². The molecule has 0 spiro atoms. The third kappa shape index (κ3) is 9.91. The second-order valence-electron chi connectivity index (χ2n) is 6.51. The van der Waals surface area contributed by atoms with Gasteiger partial charge in [0, 0.05) is 30.3 Å². The lowest BCUT2D eigenvalue weighted by atomic mass is 10.1. The van der Waals surface area contributed by atoms with E-state index in [1.165, 1.54) is 12.1 Å². The molecular formula is C22H25F3O5S. The Kier molecular flexibility index (Phi) is 11.8. The molecule has 0 amide bonds. The predicted molar refractivity (Wildman–Crippen MR) is 110 cm³/mol. The quantitative estimate of drug-likeness (QED) is 0.453. The van der Waals surface area contributed by atoms with E-state index in [1.54, 1.807) is 26.0 Å². The first-order valence-electron chi connectivity index (χ1n) is 9.30. The predicted octanol–water partition coefficient (Wildman–Crippen LogP) is 5.26. The topological polar surface area (TPSA) is 61.8 Å². The van der Waals surface area contributed by atoms with Crippen LogP contribution >= 0.6 is 11.8 Å². The van der Waals surface area contributed by atoms with Crippen molar-refractivity contribution in [1.82, 2.24) is 0 Å². The number of halogens is 3. The molecule has 170 valence electrons. The van der Waals surface area contributed by atoms with Crippen molar-refractivity contribution < 1.29 is 37.0 Å². The lowest BCUT2D eigenvalue weighted by Gasteiger charge is -2.18. The van der Waals surface area contributed by atoms with E-state index < -0.39 is 11.7 Å². The zero-order valence-corrected chi connectivity index (χ0v) is 18.3. The van der Waals surface area contributed by atoms with Gasteiger partial charge in [0.1, 0.15) is 11.5 Å². The standard InChI is InChI=1S/C21H25F3O3S.CO2/c1-15-12-19(8-9-20(15)26-3)28-14-16(10-11-25-2)13-27-18-6-4-17(5-7-18)21(22,23)24;2-1-3/h4-9,12,16H,10-11,13-14H2,1-3H3;. The SMILES string of the molecule is COCCC(COc1ccc(C(F)(F)F)cc1)CSc1ccc(OC)c(C)c1.O=C=O. The lowest BCUT2D eigenvalue weighted by molar-refractivity contribution is -0.191. The molecule has 0 aliphatic carbocycles. The first-order chi connectivity index (χ1) is 14.7. The number of hydrogen-bond donors (Lipinski definition) is 0. The van der Waals surface area contributed by atoms with Gasteiger partial charge in [0.2, 0.25) is 0 Å². The van der Waals surface area contributed by atoms with Crippen LogP contribution < -0.4 is 9.47 Å². The molecule has 9 heteroatoms. The summed E-state index contributed by atoms with van der Waals surface area (Å²) in [5.41, 5.74) is 0.392. The summed E-state index contributed by atoms with van der Waals surface area (Å²) in [5, 5.41) is 0. The summed E-state index contributed by atoms with van der Waals surface area (Å²) < 4.78 is 54.1. The maximum absolute atomic E-state index is 12.6. The van der Waals surface area contributed by atoms with Gasteiger partial charge in [0.15, 0.2) is 0 Å². The highest BCUT2D eigenvalue weighted by Gasteiger charge is 2.30. The van der Waals surface area contributed by atoms with Crippen LogP contribution in [0.5, 0.6) is 11.5 Å². The van der Waals surface area contributed by atoms with Crippen LogP contribution in [0.15, 0.2) is 47.4 Å². The van der Waals surface area contributed by atoms with E-state index in [2.05, 4.69) is 6.07 Å². The highest BCUT2D eigenvalue weighted by Crippen LogP contribution is 2.31. The molecule has 0 saturated heterocycles. The minimum atomic E-state index is -4.34. The number of thioether (sulfide) groups is 1. The molecule has 0 saturated carbocycles. The number of methoxy groups -OCH3 is 2. The molecule has 0 aromatic heterocycles. The van der Waals surface area contributed by atoms with Gasteiger partial charge in [-0.15, -0.1) is 11.8 Å². The molecule has 5 nitrogen and oxygen atoms in total. The van der Waals surface area contributed by atoms with Gasteiger partial charge >= 0.3 is 12.3 Å². The third-order valence-electron chi connectivity index (χ3n) is 4.25. The molecule has 2 aromatic rings. The zero-order valence-electron chi connectivity index (χ0n) is 17.5. The van der Waals surface area contributed by atoms with Gasteiger partial charge in [0.05, 0.1) is 19.3 Å². The van der Waals surface area contributed by atoms with E-state index in [-0.39, 0.29) is 12.1 Å².